The highest BCUT2D eigenvalue weighted by atomic mass is 35.5. The van der Waals surface area contributed by atoms with E-state index in [1.54, 1.807) is 24.3 Å². The van der Waals surface area contributed by atoms with Crippen molar-refractivity contribution in [2.45, 2.75) is 6.18 Å². The lowest BCUT2D eigenvalue weighted by atomic mass is 10.1. The maximum Gasteiger partial charge on any atom is 0.417 e. The third-order valence-electron chi connectivity index (χ3n) is 3.06. The van der Waals surface area contributed by atoms with Crippen molar-refractivity contribution in [2.75, 3.05) is 12.4 Å². The predicted molar refractivity (Wildman–Crippen MR) is 89.3 cm³/mol. The van der Waals surface area contributed by atoms with E-state index in [0.29, 0.717) is 23.0 Å². The predicted octanol–water partition coefficient (Wildman–Crippen LogP) is 5.03. The number of rotatable bonds is 4. The van der Waals surface area contributed by atoms with Crippen molar-refractivity contribution in [3.05, 3.63) is 64.0 Å². The van der Waals surface area contributed by atoms with Crippen molar-refractivity contribution in [3.8, 4) is 0 Å². The SMILES string of the molecule is COC(=O)C(=CNc1ccc(Cl)cc1)c1ncc(C(F)(F)F)cc1Cl. The first kappa shape index (κ1) is 19.1. The number of aromatic nitrogens is 1. The Labute approximate surface area is 151 Å². The molecule has 0 spiro atoms. The standard InChI is InChI=1S/C16H11Cl2F3N2O2/c1-25-15(24)12(8-22-11-4-2-10(17)3-5-11)14-13(18)6-9(7-23-14)16(19,20)21/h2-8,22H,1H3. The second kappa shape index (κ2) is 7.76. The van der Waals surface area contributed by atoms with Gasteiger partial charge in [0.1, 0.15) is 5.57 Å². The van der Waals surface area contributed by atoms with E-state index in [0.717, 1.165) is 7.11 Å². The van der Waals surface area contributed by atoms with Crippen LogP contribution in [0.25, 0.3) is 5.57 Å². The van der Waals surface area contributed by atoms with Crippen LogP contribution in [0.15, 0.2) is 42.7 Å². The fourth-order valence-electron chi connectivity index (χ4n) is 1.83. The van der Waals surface area contributed by atoms with Gasteiger partial charge in [0.15, 0.2) is 0 Å². The summed E-state index contributed by atoms with van der Waals surface area (Å²) in [6, 6.07) is 7.24. The maximum absolute atomic E-state index is 12.7. The lowest BCUT2D eigenvalue weighted by Crippen LogP contribution is -2.11. The van der Waals surface area contributed by atoms with Crippen molar-refractivity contribution in [1.82, 2.24) is 4.98 Å². The Morgan fingerprint density at radius 2 is 1.88 bits per heavy atom. The van der Waals surface area contributed by atoms with E-state index in [4.69, 9.17) is 23.2 Å². The number of hydrogen-bond donors (Lipinski definition) is 1. The number of carbonyl (C=O) groups is 1. The van der Waals surface area contributed by atoms with Gasteiger partial charge in [-0.25, -0.2) is 4.79 Å². The number of halogens is 5. The van der Waals surface area contributed by atoms with Crippen molar-refractivity contribution in [2.24, 2.45) is 0 Å². The van der Waals surface area contributed by atoms with Crippen LogP contribution in [0.1, 0.15) is 11.3 Å². The van der Waals surface area contributed by atoms with E-state index in [2.05, 4.69) is 15.0 Å². The molecule has 0 aliphatic heterocycles. The quantitative estimate of drug-likeness (QED) is 0.587. The molecule has 0 radical (unpaired) electrons. The summed E-state index contributed by atoms with van der Waals surface area (Å²) in [4.78, 5) is 15.6. The number of esters is 1. The fourth-order valence-corrected chi connectivity index (χ4v) is 2.22. The van der Waals surface area contributed by atoms with Crippen LogP contribution in [-0.2, 0) is 15.7 Å². The highest BCUT2D eigenvalue weighted by Crippen LogP contribution is 2.33. The van der Waals surface area contributed by atoms with Crippen LogP contribution in [0.3, 0.4) is 0 Å². The second-order valence-corrected chi connectivity index (χ2v) is 5.60. The van der Waals surface area contributed by atoms with Gasteiger partial charge in [-0.3, -0.25) is 4.98 Å². The molecule has 1 aromatic carbocycles. The summed E-state index contributed by atoms with van der Waals surface area (Å²) in [5, 5.41) is 3.01. The van der Waals surface area contributed by atoms with Gasteiger partial charge in [0.25, 0.3) is 0 Å². The number of pyridine rings is 1. The molecular weight excluding hydrogens is 380 g/mol. The van der Waals surface area contributed by atoms with Gasteiger partial charge in [0.2, 0.25) is 0 Å². The Bertz CT molecular complexity index is 806. The Hall–Kier alpha value is -2.25. The van der Waals surface area contributed by atoms with Crippen molar-refractivity contribution >= 4 is 40.4 Å². The number of nitrogens with zero attached hydrogens (tertiary/aromatic N) is 1. The number of hydrogen-bond acceptors (Lipinski definition) is 4. The monoisotopic (exact) mass is 390 g/mol. The molecule has 1 heterocycles. The van der Waals surface area contributed by atoms with Crippen LogP contribution in [0.4, 0.5) is 18.9 Å². The van der Waals surface area contributed by atoms with Crippen LogP contribution in [-0.4, -0.2) is 18.1 Å². The van der Waals surface area contributed by atoms with Gasteiger partial charge in [0.05, 0.1) is 23.4 Å². The number of nitrogens with one attached hydrogen (secondary N) is 1. The average molecular weight is 391 g/mol. The summed E-state index contributed by atoms with van der Waals surface area (Å²) >= 11 is 11.7. The molecule has 1 aromatic heterocycles. The number of carbonyl (C=O) groups excluding carboxylic acids is 1. The average Bonchev–Trinajstić information content (AvgIpc) is 2.56. The Morgan fingerprint density at radius 1 is 1.24 bits per heavy atom. The Morgan fingerprint density at radius 3 is 2.40 bits per heavy atom. The summed E-state index contributed by atoms with van der Waals surface area (Å²) in [6.07, 6.45) is -2.75. The summed E-state index contributed by atoms with van der Waals surface area (Å²) in [7, 11) is 1.14. The summed E-state index contributed by atoms with van der Waals surface area (Å²) < 4.78 is 42.7. The minimum atomic E-state index is -4.59. The molecule has 2 rings (SSSR count). The number of benzene rings is 1. The molecule has 0 saturated carbocycles. The smallest absolute Gasteiger partial charge is 0.417 e. The van der Waals surface area contributed by atoms with Gasteiger partial charge >= 0.3 is 12.1 Å². The van der Waals surface area contributed by atoms with Crippen LogP contribution >= 0.6 is 23.2 Å². The summed E-state index contributed by atoms with van der Waals surface area (Å²) in [6.45, 7) is 0. The molecule has 1 N–H and O–H groups in total. The van der Waals surface area contributed by atoms with Gasteiger partial charge in [-0.15, -0.1) is 0 Å². The minimum absolute atomic E-state index is 0.129. The molecule has 0 bridgehead atoms. The zero-order valence-corrected chi connectivity index (χ0v) is 14.2. The molecule has 0 saturated heterocycles. The van der Waals surface area contributed by atoms with E-state index < -0.39 is 17.7 Å². The van der Waals surface area contributed by atoms with Crippen molar-refractivity contribution in [1.29, 1.82) is 0 Å². The second-order valence-electron chi connectivity index (χ2n) is 4.75. The van der Waals surface area contributed by atoms with Gasteiger partial charge in [-0.2, -0.15) is 13.2 Å². The third-order valence-corrected chi connectivity index (χ3v) is 3.60. The number of anilines is 1. The topological polar surface area (TPSA) is 51.2 Å². The zero-order chi connectivity index (χ0) is 18.6. The third kappa shape index (κ3) is 4.87. The number of methoxy groups -OCH3 is 1. The van der Waals surface area contributed by atoms with Crippen molar-refractivity contribution < 1.29 is 22.7 Å². The van der Waals surface area contributed by atoms with Crippen LogP contribution < -0.4 is 5.32 Å². The first-order chi connectivity index (χ1) is 11.7. The van der Waals surface area contributed by atoms with E-state index in [-0.39, 0.29) is 16.3 Å². The highest BCUT2D eigenvalue weighted by molar-refractivity contribution is 6.34. The first-order valence-corrected chi connectivity index (χ1v) is 7.51. The molecular formula is C16H11Cl2F3N2O2. The fraction of sp³-hybridized carbons (Fsp3) is 0.125. The van der Waals surface area contributed by atoms with E-state index in [1.807, 2.05) is 0 Å². The molecule has 0 atom stereocenters. The zero-order valence-electron chi connectivity index (χ0n) is 12.7. The van der Waals surface area contributed by atoms with E-state index in [9.17, 15) is 18.0 Å². The molecule has 0 fully saturated rings. The van der Waals surface area contributed by atoms with Gasteiger partial charge in [-0.05, 0) is 30.3 Å². The van der Waals surface area contributed by atoms with Crippen LogP contribution in [0.5, 0.6) is 0 Å². The number of ether oxygens (including phenoxy) is 1. The lowest BCUT2D eigenvalue weighted by molar-refractivity contribution is -0.137. The van der Waals surface area contributed by atoms with Crippen LogP contribution in [0, 0.1) is 0 Å². The largest absolute Gasteiger partial charge is 0.465 e. The highest BCUT2D eigenvalue weighted by Gasteiger charge is 2.32. The molecule has 4 nitrogen and oxygen atoms in total. The molecule has 2 aromatic rings. The van der Waals surface area contributed by atoms with Gasteiger partial charge in [0, 0.05) is 23.1 Å². The summed E-state index contributed by atoms with van der Waals surface area (Å²) in [5.41, 5.74) is -0.691. The van der Waals surface area contributed by atoms with Crippen LogP contribution in [0.2, 0.25) is 10.0 Å². The molecule has 0 aliphatic rings. The maximum atomic E-state index is 12.7. The molecule has 0 amide bonds. The van der Waals surface area contributed by atoms with E-state index in [1.165, 1.54) is 6.20 Å². The lowest BCUT2D eigenvalue weighted by Gasteiger charge is -2.11. The molecule has 0 aliphatic carbocycles. The van der Waals surface area contributed by atoms with E-state index >= 15 is 0 Å². The van der Waals surface area contributed by atoms with Crippen molar-refractivity contribution in [3.63, 3.8) is 0 Å². The minimum Gasteiger partial charge on any atom is -0.465 e. The molecule has 25 heavy (non-hydrogen) atoms. The Kier molecular flexibility index (Phi) is 5.92. The summed E-state index contributed by atoms with van der Waals surface area (Å²) in [5.74, 6) is -0.810. The van der Waals surface area contributed by atoms with Gasteiger partial charge < -0.3 is 10.1 Å². The first-order valence-electron chi connectivity index (χ1n) is 6.76. The number of alkyl halides is 3. The normalized spacial score (nSPS) is 12.0. The molecule has 132 valence electrons. The van der Waals surface area contributed by atoms with Gasteiger partial charge in [-0.1, -0.05) is 23.2 Å². The molecule has 9 heteroatoms. The Balaban J connectivity index is 2.39. The molecule has 0 unspecified atom stereocenters.